The molecule has 7 nitrogen and oxygen atoms in total. The molecule has 1 aromatic heterocycles. The van der Waals surface area contributed by atoms with E-state index in [-0.39, 0.29) is 18.6 Å². The maximum atomic E-state index is 12.5. The average molecular weight is 404 g/mol. The zero-order chi connectivity index (χ0) is 19.7. The lowest BCUT2D eigenvalue weighted by atomic mass is 9.94. The highest BCUT2D eigenvalue weighted by molar-refractivity contribution is 7.91. The summed E-state index contributed by atoms with van der Waals surface area (Å²) in [4.78, 5) is 17.0. The minimum atomic E-state index is -1.07. The van der Waals surface area contributed by atoms with Crippen molar-refractivity contribution < 1.29 is 9.66 Å². The van der Waals surface area contributed by atoms with Crippen molar-refractivity contribution in [2.45, 2.75) is 50.5 Å². The Morgan fingerprint density at radius 2 is 2.11 bits per heavy atom. The molecule has 152 valence electrons. The fourth-order valence-electron chi connectivity index (χ4n) is 4.05. The van der Waals surface area contributed by atoms with Crippen molar-refractivity contribution in [3.63, 3.8) is 0 Å². The Morgan fingerprint density at radius 1 is 1.32 bits per heavy atom. The van der Waals surface area contributed by atoms with Crippen LogP contribution in [0.5, 0.6) is 0 Å². The molecule has 3 aliphatic heterocycles. The van der Waals surface area contributed by atoms with Gasteiger partial charge in [0.05, 0.1) is 12.6 Å². The van der Waals surface area contributed by atoms with Gasteiger partial charge in [-0.2, -0.15) is 4.98 Å². The molecular formula is C20H29N5O2S. The number of hydrogen-bond acceptors (Lipinski definition) is 7. The summed E-state index contributed by atoms with van der Waals surface area (Å²) in [5.74, 6) is 2.71. The molecule has 0 saturated carbocycles. The molecule has 0 amide bonds. The summed E-state index contributed by atoms with van der Waals surface area (Å²) < 4.78 is 12.5. The van der Waals surface area contributed by atoms with E-state index >= 15 is 0 Å². The van der Waals surface area contributed by atoms with Gasteiger partial charge in [-0.3, -0.25) is 4.99 Å². The lowest BCUT2D eigenvalue weighted by Crippen LogP contribution is -2.36. The van der Waals surface area contributed by atoms with Gasteiger partial charge in [-0.05, 0) is 29.9 Å². The van der Waals surface area contributed by atoms with Gasteiger partial charge < -0.3 is 19.9 Å². The number of hydrogen-bond donors (Lipinski definition) is 2. The number of piperidine rings is 1. The smallest absolute Gasteiger partial charge is 0.227 e. The van der Waals surface area contributed by atoms with Crippen LogP contribution in [0.15, 0.2) is 21.7 Å². The molecular weight excluding hydrogens is 374 g/mol. The summed E-state index contributed by atoms with van der Waals surface area (Å²) in [6.45, 7) is 5.91. The molecule has 0 bridgehead atoms. The largest absolute Gasteiger partial charge is 0.611 e. The number of aromatic nitrogens is 2. The molecule has 8 heteroatoms. The first-order valence-corrected chi connectivity index (χ1v) is 11.5. The molecule has 0 spiro atoms. The SMILES string of the molecule is CC(C)[C@H](CO)Nc1nc(N2CCC(C3=CCC=N3)CC2)nc2c1[S+]([O-])CC2. The summed E-state index contributed by atoms with van der Waals surface area (Å²) in [6, 6.07) is -0.123. The van der Waals surface area contributed by atoms with Crippen LogP contribution in [-0.4, -0.2) is 57.3 Å². The molecule has 4 rings (SSSR count). The standard InChI is InChI=1S/C20H29N5O2S/c1-13(2)17(12-26)22-19-18-16(7-11-28(18)27)23-20(24-19)25-9-5-14(6-10-25)15-4-3-8-21-15/h4,8,13-14,17,26H,3,5-7,9-12H2,1-2H3,(H,22,23,24)/t17-,28?/m0/s1. The minimum Gasteiger partial charge on any atom is -0.611 e. The third-order valence-electron chi connectivity index (χ3n) is 5.87. The number of nitrogens with zero attached hydrogens (tertiary/aromatic N) is 4. The van der Waals surface area contributed by atoms with E-state index < -0.39 is 11.2 Å². The van der Waals surface area contributed by atoms with Crippen LogP contribution in [0.1, 0.15) is 38.8 Å². The van der Waals surface area contributed by atoms with Gasteiger partial charge in [-0.15, -0.1) is 0 Å². The lowest BCUT2D eigenvalue weighted by molar-refractivity contribution is 0.248. The van der Waals surface area contributed by atoms with Crippen molar-refractivity contribution in [2.24, 2.45) is 16.8 Å². The van der Waals surface area contributed by atoms with Crippen LogP contribution in [0.4, 0.5) is 11.8 Å². The number of allylic oxidation sites excluding steroid dienone is 2. The Morgan fingerprint density at radius 3 is 2.75 bits per heavy atom. The van der Waals surface area contributed by atoms with E-state index in [1.165, 1.54) is 5.70 Å². The summed E-state index contributed by atoms with van der Waals surface area (Å²) >= 11 is -1.07. The van der Waals surface area contributed by atoms with Crippen molar-refractivity contribution in [3.05, 3.63) is 17.5 Å². The van der Waals surface area contributed by atoms with Gasteiger partial charge in [0.15, 0.2) is 5.82 Å². The van der Waals surface area contributed by atoms with Gasteiger partial charge in [0.1, 0.15) is 11.4 Å². The summed E-state index contributed by atoms with van der Waals surface area (Å²) in [5, 5.41) is 13.1. The second kappa shape index (κ2) is 8.39. The summed E-state index contributed by atoms with van der Waals surface area (Å²) in [5.41, 5.74) is 2.12. The molecule has 2 N–H and O–H groups in total. The maximum absolute atomic E-state index is 12.5. The van der Waals surface area contributed by atoms with Crippen molar-refractivity contribution in [3.8, 4) is 0 Å². The zero-order valence-corrected chi connectivity index (χ0v) is 17.4. The molecule has 3 aliphatic rings. The van der Waals surface area contributed by atoms with E-state index in [0.717, 1.165) is 49.4 Å². The van der Waals surface area contributed by atoms with Crippen molar-refractivity contribution in [1.82, 2.24) is 9.97 Å². The third kappa shape index (κ3) is 3.90. The van der Waals surface area contributed by atoms with Crippen LogP contribution in [0.3, 0.4) is 0 Å². The van der Waals surface area contributed by atoms with Gasteiger partial charge in [0, 0.05) is 43.8 Å². The van der Waals surface area contributed by atoms with Crippen LogP contribution in [0.25, 0.3) is 0 Å². The Kier molecular flexibility index (Phi) is 5.89. The molecule has 0 aliphatic carbocycles. The first kappa shape index (κ1) is 19.7. The monoisotopic (exact) mass is 403 g/mol. The molecule has 1 aromatic rings. The van der Waals surface area contributed by atoms with Gasteiger partial charge in [0.2, 0.25) is 10.8 Å². The van der Waals surface area contributed by atoms with E-state index in [2.05, 4.69) is 35.1 Å². The van der Waals surface area contributed by atoms with Gasteiger partial charge >= 0.3 is 0 Å². The van der Waals surface area contributed by atoms with E-state index in [1.54, 1.807) is 0 Å². The van der Waals surface area contributed by atoms with Gasteiger partial charge in [-0.1, -0.05) is 19.9 Å². The number of aliphatic hydroxyl groups is 1. The highest BCUT2D eigenvalue weighted by Crippen LogP contribution is 2.35. The summed E-state index contributed by atoms with van der Waals surface area (Å²) in [6.07, 6.45) is 7.97. The second-order valence-electron chi connectivity index (χ2n) is 8.06. The summed E-state index contributed by atoms with van der Waals surface area (Å²) in [7, 11) is 0. The van der Waals surface area contributed by atoms with Crippen LogP contribution in [-0.2, 0) is 17.6 Å². The number of nitrogens with one attached hydrogen (secondary N) is 1. The Labute approximate surface area is 169 Å². The van der Waals surface area contributed by atoms with Crippen molar-refractivity contribution in [2.75, 3.05) is 35.7 Å². The number of aryl methyl sites for hydroxylation is 1. The Hall–Kier alpha value is -1.64. The van der Waals surface area contributed by atoms with Crippen molar-refractivity contribution >= 4 is 29.2 Å². The average Bonchev–Trinajstić information content (AvgIpc) is 3.36. The molecule has 1 saturated heterocycles. The first-order chi connectivity index (χ1) is 13.6. The van der Waals surface area contributed by atoms with Crippen LogP contribution < -0.4 is 10.2 Å². The van der Waals surface area contributed by atoms with Crippen molar-refractivity contribution in [1.29, 1.82) is 0 Å². The second-order valence-corrected chi connectivity index (χ2v) is 9.57. The predicted molar refractivity (Wildman–Crippen MR) is 112 cm³/mol. The normalized spacial score (nSPS) is 23.2. The molecule has 0 aromatic carbocycles. The number of fused-ring (bicyclic) bond motifs is 1. The first-order valence-electron chi connectivity index (χ1n) is 10.2. The molecule has 2 atom stereocenters. The highest BCUT2D eigenvalue weighted by Gasteiger charge is 2.34. The van der Waals surface area contributed by atoms with Crippen LogP contribution >= 0.6 is 0 Å². The quantitative estimate of drug-likeness (QED) is 0.707. The van der Waals surface area contributed by atoms with E-state index in [9.17, 15) is 9.66 Å². The molecule has 0 radical (unpaired) electrons. The Bertz CT molecular complexity index is 774. The number of rotatable bonds is 6. The zero-order valence-electron chi connectivity index (χ0n) is 16.6. The van der Waals surface area contributed by atoms with Gasteiger partial charge in [-0.25, -0.2) is 4.98 Å². The van der Waals surface area contributed by atoms with E-state index in [0.29, 0.717) is 23.4 Å². The minimum absolute atomic E-state index is 0.0133. The fourth-order valence-corrected chi connectivity index (χ4v) is 5.37. The lowest BCUT2D eigenvalue weighted by Gasteiger charge is -2.32. The number of aliphatic imine (C=N–C) groups is 1. The third-order valence-corrected chi connectivity index (χ3v) is 7.33. The fraction of sp³-hybridized carbons (Fsp3) is 0.650. The highest BCUT2D eigenvalue weighted by atomic mass is 32.2. The topological polar surface area (TPSA) is 96.7 Å². The van der Waals surface area contributed by atoms with E-state index in [4.69, 9.17) is 9.97 Å². The van der Waals surface area contributed by atoms with E-state index in [1.807, 2.05) is 6.21 Å². The van der Waals surface area contributed by atoms with Crippen LogP contribution in [0.2, 0.25) is 0 Å². The molecule has 4 heterocycles. The van der Waals surface area contributed by atoms with Crippen LogP contribution in [0, 0.1) is 11.8 Å². The molecule has 1 fully saturated rings. The Balaban J connectivity index is 1.55. The number of aliphatic hydroxyl groups excluding tert-OH is 1. The van der Waals surface area contributed by atoms with Gasteiger partial charge in [0.25, 0.3) is 0 Å². The number of anilines is 2. The molecule has 1 unspecified atom stereocenters. The molecule has 28 heavy (non-hydrogen) atoms. The maximum Gasteiger partial charge on any atom is 0.227 e. The predicted octanol–water partition coefficient (Wildman–Crippen LogP) is 2.14.